The van der Waals surface area contributed by atoms with E-state index in [0.29, 0.717) is 17.1 Å². The van der Waals surface area contributed by atoms with Crippen LogP contribution in [0.25, 0.3) is 0 Å². The number of carbonyl (C=O) groups excluding carboxylic acids is 1. The molecule has 110 valence electrons. The maximum atomic E-state index is 12.3. The molecule has 0 bridgehead atoms. The lowest BCUT2D eigenvalue weighted by Crippen LogP contribution is -2.28. The summed E-state index contributed by atoms with van der Waals surface area (Å²) in [5.41, 5.74) is 8.25. The number of hydrogen-bond acceptors (Lipinski definition) is 2. The third-order valence-electron chi connectivity index (χ3n) is 3.44. The number of nitrogens with two attached hydrogens (primary N) is 1. The fourth-order valence-corrected chi connectivity index (χ4v) is 2.28. The van der Waals surface area contributed by atoms with E-state index in [1.54, 1.807) is 12.1 Å². The van der Waals surface area contributed by atoms with Crippen molar-refractivity contribution in [3.8, 4) is 0 Å². The third-order valence-corrected chi connectivity index (χ3v) is 3.69. The summed E-state index contributed by atoms with van der Waals surface area (Å²) in [6.07, 6.45) is 0.814. The van der Waals surface area contributed by atoms with Gasteiger partial charge in [0, 0.05) is 17.1 Å². The lowest BCUT2D eigenvalue weighted by atomic mass is 10.0. The van der Waals surface area contributed by atoms with E-state index >= 15 is 0 Å². The van der Waals surface area contributed by atoms with Crippen LogP contribution in [0.4, 0.5) is 0 Å². The first-order chi connectivity index (χ1) is 10.1. The molecule has 3 N–H and O–H groups in total. The highest BCUT2D eigenvalue weighted by Gasteiger charge is 2.14. The van der Waals surface area contributed by atoms with E-state index in [1.165, 1.54) is 0 Å². The number of carbonyl (C=O) groups is 1. The van der Waals surface area contributed by atoms with Crippen LogP contribution in [0.15, 0.2) is 48.5 Å². The van der Waals surface area contributed by atoms with Crippen LogP contribution in [0.5, 0.6) is 0 Å². The van der Waals surface area contributed by atoms with Crippen molar-refractivity contribution in [3.05, 3.63) is 70.2 Å². The van der Waals surface area contributed by atoms with E-state index < -0.39 is 0 Å². The maximum absolute atomic E-state index is 12.3. The SMILES string of the molecule is CCC(NC(=O)c1ccc(CN)cc1)c1ccc(Cl)cc1. The molecule has 1 unspecified atom stereocenters. The second-order valence-corrected chi connectivity index (χ2v) is 5.32. The Labute approximate surface area is 130 Å². The van der Waals surface area contributed by atoms with Crippen LogP contribution < -0.4 is 11.1 Å². The van der Waals surface area contributed by atoms with Gasteiger partial charge in [-0.1, -0.05) is 42.8 Å². The minimum atomic E-state index is -0.0830. The topological polar surface area (TPSA) is 55.1 Å². The minimum Gasteiger partial charge on any atom is -0.345 e. The molecule has 3 nitrogen and oxygen atoms in total. The maximum Gasteiger partial charge on any atom is 0.251 e. The van der Waals surface area contributed by atoms with Crippen molar-refractivity contribution >= 4 is 17.5 Å². The van der Waals surface area contributed by atoms with Crippen molar-refractivity contribution in [1.82, 2.24) is 5.32 Å². The number of rotatable bonds is 5. The molecule has 0 fully saturated rings. The molecule has 0 saturated heterocycles. The molecule has 1 atom stereocenters. The highest BCUT2D eigenvalue weighted by atomic mass is 35.5. The second-order valence-electron chi connectivity index (χ2n) is 4.89. The second kappa shape index (κ2) is 7.25. The number of nitrogens with one attached hydrogen (secondary N) is 1. The van der Waals surface area contributed by atoms with E-state index in [-0.39, 0.29) is 11.9 Å². The van der Waals surface area contributed by atoms with Gasteiger partial charge in [0.25, 0.3) is 5.91 Å². The zero-order valence-electron chi connectivity index (χ0n) is 12.0. The van der Waals surface area contributed by atoms with Crippen LogP contribution in [-0.2, 0) is 6.54 Å². The summed E-state index contributed by atoms with van der Waals surface area (Å²) in [5, 5.41) is 3.73. The molecule has 1 amide bonds. The summed E-state index contributed by atoms with van der Waals surface area (Å²) in [5.74, 6) is -0.0830. The first kappa shape index (κ1) is 15.5. The van der Waals surface area contributed by atoms with Crippen LogP contribution in [0.1, 0.15) is 40.9 Å². The monoisotopic (exact) mass is 302 g/mol. The summed E-state index contributed by atoms with van der Waals surface area (Å²) >= 11 is 5.89. The van der Waals surface area contributed by atoms with Gasteiger partial charge in [0.2, 0.25) is 0 Å². The van der Waals surface area contributed by atoms with Gasteiger partial charge in [-0.05, 0) is 41.8 Å². The zero-order valence-corrected chi connectivity index (χ0v) is 12.7. The van der Waals surface area contributed by atoms with Crippen molar-refractivity contribution in [1.29, 1.82) is 0 Å². The Balaban J connectivity index is 2.10. The van der Waals surface area contributed by atoms with Gasteiger partial charge in [-0.2, -0.15) is 0 Å². The Kier molecular flexibility index (Phi) is 5.37. The fraction of sp³-hybridized carbons (Fsp3) is 0.235. The first-order valence-electron chi connectivity index (χ1n) is 6.99. The normalized spacial score (nSPS) is 12.0. The summed E-state index contributed by atoms with van der Waals surface area (Å²) in [4.78, 5) is 12.3. The molecule has 0 aliphatic heterocycles. The van der Waals surface area contributed by atoms with Crippen LogP contribution >= 0.6 is 11.6 Å². The zero-order chi connectivity index (χ0) is 15.2. The Morgan fingerprint density at radius 3 is 2.29 bits per heavy atom. The average Bonchev–Trinajstić information content (AvgIpc) is 2.53. The van der Waals surface area contributed by atoms with Crippen LogP contribution in [0.3, 0.4) is 0 Å². The molecular weight excluding hydrogens is 284 g/mol. The van der Waals surface area contributed by atoms with E-state index in [0.717, 1.165) is 17.5 Å². The molecule has 2 aromatic carbocycles. The largest absolute Gasteiger partial charge is 0.345 e. The van der Waals surface area contributed by atoms with Crippen LogP contribution in [-0.4, -0.2) is 5.91 Å². The van der Waals surface area contributed by atoms with Gasteiger partial charge in [-0.15, -0.1) is 0 Å². The molecule has 0 aliphatic carbocycles. The summed E-state index contributed by atoms with van der Waals surface area (Å²) in [7, 11) is 0. The average molecular weight is 303 g/mol. The summed E-state index contributed by atoms with van der Waals surface area (Å²) in [6.45, 7) is 2.52. The van der Waals surface area contributed by atoms with Gasteiger partial charge in [0.05, 0.1) is 6.04 Å². The third kappa shape index (κ3) is 4.06. The molecule has 0 spiro atoms. The first-order valence-corrected chi connectivity index (χ1v) is 7.37. The van der Waals surface area contributed by atoms with Crippen molar-refractivity contribution in [2.75, 3.05) is 0 Å². The molecule has 0 heterocycles. The van der Waals surface area contributed by atoms with Crippen molar-refractivity contribution < 1.29 is 4.79 Å². The Morgan fingerprint density at radius 2 is 1.76 bits per heavy atom. The molecular formula is C17H19ClN2O. The summed E-state index contributed by atoms with van der Waals surface area (Å²) < 4.78 is 0. The molecule has 0 saturated carbocycles. The van der Waals surface area contributed by atoms with Gasteiger partial charge >= 0.3 is 0 Å². The van der Waals surface area contributed by atoms with E-state index in [1.807, 2.05) is 43.3 Å². The molecule has 2 rings (SSSR count). The highest BCUT2D eigenvalue weighted by Crippen LogP contribution is 2.19. The lowest BCUT2D eigenvalue weighted by Gasteiger charge is -2.17. The van der Waals surface area contributed by atoms with Crippen molar-refractivity contribution in [3.63, 3.8) is 0 Å². The highest BCUT2D eigenvalue weighted by molar-refractivity contribution is 6.30. The van der Waals surface area contributed by atoms with E-state index in [4.69, 9.17) is 17.3 Å². The number of amides is 1. The Bertz CT molecular complexity index is 593. The van der Waals surface area contributed by atoms with Crippen molar-refractivity contribution in [2.24, 2.45) is 5.73 Å². The molecule has 21 heavy (non-hydrogen) atoms. The molecule has 0 aliphatic rings. The molecule has 2 aromatic rings. The number of halogens is 1. The molecule has 0 aromatic heterocycles. The van der Waals surface area contributed by atoms with Gasteiger partial charge in [0.15, 0.2) is 0 Å². The van der Waals surface area contributed by atoms with Crippen LogP contribution in [0, 0.1) is 0 Å². The van der Waals surface area contributed by atoms with Gasteiger partial charge in [0.1, 0.15) is 0 Å². The predicted octanol–water partition coefficient (Wildman–Crippen LogP) is 3.68. The Morgan fingerprint density at radius 1 is 1.14 bits per heavy atom. The van der Waals surface area contributed by atoms with Gasteiger partial charge in [-0.25, -0.2) is 0 Å². The molecule has 0 radical (unpaired) electrons. The van der Waals surface area contributed by atoms with Gasteiger partial charge in [-0.3, -0.25) is 4.79 Å². The smallest absolute Gasteiger partial charge is 0.251 e. The quantitative estimate of drug-likeness (QED) is 0.885. The number of hydrogen-bond donors (Lipinski definition) is 2. The van der Waals surface area contributed by atoms with Gasteiger partial charge < -0.3 is 11.1 Å². The van der Waals surface area contributed by atoms with E-state index in [9.17, 15) is 4.79 Å². The fourth-order valence-electron chi connectivity index (χ4n) is 2.15. The Hall–Kier alpha value is -1.84. The standard InChI is InChI=1S/C17H19ClN2O/c1-2-16(13-7-9-15(18)10-8-13)20-17(21)14-5-3-12(11-19)4-6-14/h3-10,16H,2,11,19H2,1H3,(H,20,21). The minimum absolute atomic E-state index is 0.0241. The van der Waals surface area contributed by atoms with E-state index in [2.05, 4.69) is 5.32 Å². The summed E-state index contributed by atoms with van der Waals surface area (Å²) in [6, 6.07) is 14.9. The predicted molar refractivity (Wildman–Crippen MR) is 86.3 cm³/mol. The molecule has 4 heteroatoms. The number of benzene rings is 2. The van der Waals surface area contributed by atoms with Crippen LogP contribution in [0.2, 0.25) is 5.02 Å². The van der Waals surface area contributed by atoms with Crippen molar-refractivity contribution in [2.45, 2.75) is 25.9 Å². The lowest BCUT2D eigenvalue weighted by molar-refractivity contribution is 0.0935.